The lowest BCUT2D eigenvalue weighted by Gasteiger charge is -2.11. The van der Waals surface area contributed by atoms with Gasteiger partial charge in [0.25, 0.3) is 0 Å². The highest BCUT2D eigenvalue weighted by Gasteiger charge is 2.18. The van der Waals surface area contributed by atoms with Gasteiger partial charge in [0.1, 0.15) is 0 Å². The van der Waals surface area contributed by atoms with Gasteiger partial charge in [-0.25, -0.2) is 4.79 Å². The topological polar surface area (TPSA) is 46.5 Å². The van der Waals surface area contributed by atoms with Crippen LogP contribution in [0.25, 0.3) is 0 Å². The molecule has 1 aliphatic carbocycles. The zero-order valence-electron chi connectivity index (χ0n) is 9.37. The van der Waals surface area contributed by atoms with E-state index in [1.165, 1.54) is 24.8 Å². The first kappa shape index (κ1) is 12.2. The van der Waals surface area contributed by atoms with Crippen LogP contribution < -0.4 is 0 Å². The van der Waals surface area contributed by atoms with Crippen LogP contribution in [0, 0.1) is 0 Å². The van der Waals surface area contributed by atoms with Crippen molar-refractivity contribution in [2.75, 3.05) is 6.61 Å². The molecule has 3 nitrogen and oxygen atoms in total. The molecule has 0 bridgehead atoms. The third-order valence-corrected chi connectivity index (χ3v) is 2.65. The molecular weight excluding hydrogens is 192 g/mol. The number of aliphatic hydroxyl groups is 1. The van der Waals surface area contributed by atoms with E-state index in [4.69, 9.17) is 4.74 Å². The Morgan fingerprint density at radius 2 is 2.33 bits per heavy atom. The number of esters is 1. The molecule has 0 aromatic heterocycles. The van der Waals surface area contributed by atoms with Crippen molar-refractivity contribution in [3.8, 4) is 0 Å². The number of rotatable bonds is 4. The van der Waals surface area contributed by atoms with E-state index in [1.54, 1.807) is 6.92 Å². The number of hydrogen-bond donors (Lipinski definition) is 1. The predicted octanol–water partition coefficient (Wildman–Crippen LogP) is 2.19. The minimum absolute atomic E-state index is 0.328. The van der Waals surface area contributed by atoms with E-state index in [9.17, 15) is 9.90 Å². The Morgan fingerprint density at radius 1 is 1.53 bits per heavy atom. The lowest BCUT2D eigenvalue weighted by atomic mass is 10.0. The molecule has 0 aromatic rings. The third-order valence-electron chi connectivity index (χ3n) is 2.65. The highest BCUT2D eigenvalue weighted by atomic mass is 16.5. The van der Waals surface area contributed by atoms with Gasteiger partial charge in [0.15, 0.2) is 6.10 Å². The van der Waals surface area contributed by atoms with Crippen molar-refractivity contribution in [2.24, 2.45) is 0 Å². The number of allylic oxidation sites excluding steroid dienone is 1. The van der Waals surface area contributed by atoms with Crippen molar-refractivity contribution in [1.29, 1.82) is 0 Å². The van der Waals surface area contributed by atoms with Crippen molar-refractivity contribution in [2.45, 2.75) is 51.6 Å². The highest BCUT2D eigenvalue weighted by Crippen LogP contribution is 2.21. The molecule has 1 N–H and O–H groups in total. The second-order valence-electron chi connectivity index (χ2n) is 3.93. The Bertz CT molecular complexity index is 233. The van der Waals surface area contributed by atoms with Crippen LogP contribution in [0.2, 0.25) is 0 Å². The van der Waals surface area contributed by atoms with Crippen LogP contribution in [-0.4, -0.2) is 23.8 Å². The fourth-order valence-electron chi connectivity index (χ4n) is 1.84. The maximum absolute atomic E-state index is 11.2. The Hall–Kier alpha value is -0.830. The van der Waals surface area contributed by atoms with Crippen LogP contribution in [0.15, 0.2) is 11.6 Å². The molecule has 86 valence electrons. The van der Waals surface area contributed by atoms with E-state index in [2.05, 4.69) is 6.08 Å². The third kappa shape index (κ3) is 4.47. The van der Waals surface area contributed by atoms with Gasteiger partial charge in [-0.3, -0.25) is 0 Å². The van der Waals surface area contributed by atoms with Gasteiger partial charge in [0, 0.05) is 6.42 Å². The molecule has 0 aromatic carbocycles. The smallest absolute Gasteiger partial charge is 0.335 e. The molecule has 1 aliphatic rings. The zero-order valence-corrected chi connectivity index (χ0v) is 9.37. The SMILES string of the molecule is CCOC(=O)[C@@H](O)CC1=CCCCCC1. The molecule has 0 unspecified atom stereocenters. The summed E-state index contributed by atoms with van der Waals surface area (Å²) in [5, 5.41) is 9.58. The van der Waals surface area contributed by atoms with E-state index in [1.807, 2.05) is 0 Å². The maximum Gasteiger partial charge on any atom is 0.335 e. The van der Waals surface area contributed by atoms with Gasteiger partial charge in [0.05, 0.1) is 6.61 Å². The summed E-state index contributed by atoms with van der Waals surface area (Å²) in [6.45, 7) is 2.07. The fraction of sp³-hybridized carbons (Fsp3) is 0.750. The molecule has 0 saturated carbocycles. The molecule has 0 heterocycles. The summed E-state index contributed by atoms with van der Waals surface area (Å²) in [6.07, 6.45) is 7.35. The number of carbonyl (C=O) groups excluding carboxylic acids is 1. The summed E-state index contributed by atoms with van der Waals surface area (Å²) < 4.78 is 4.76. The molecule has 1 rings (SSSR count). The molecule has 0 amide bonds. The summed E-state index contributed by atoms with van der Waals surface area (Å²) in [5.41, 5.74) is 1.20. The van der Waals surface area contributed by atoms with Gasteiger partial charge in [-0.1, -0.05) is 18.1 Å². The van der Waals surface area contributed by atoms with Gasteiger partial charge in [0.2, 0.25) is 0 Å². The van der Waals surface area contributed by atoms with Crippen molar-refractivity contribution < 1.29 is 14.6 Å². The second-order valence-corrected chi connectivity index (χ2v) is 3.93. The van der Waals surface area contributed by atoms with Crippen LogP contribution in [0.4, 0.5) is 0 Å². The maximum atomic E-state index is 11.2. The van der Waals surface area contributed by atoms with Crippen LogP contribution in [0.1, 0.15) is 45.4 Å². The van der Waals surface area contributed by atoms with E-state index in [0.717, 1.165) is 12.8 Å². The van der Waals surface area contributed by atoms with Crippen LogP contribution in [0.3, 0.4) is 0 Å². The molecule has 0 fully saturated rings. The summed E-state index contributed by atoms with van der Waals surface area (Å²) >= 11 is 0. The lowest BCUT2D eigenvalue weighted by molar-refractivity contribution is -0.152. The lowest BCUT2D eigenvalue weighted by Crippen LogP contribution is -2.23. The molecule has 0 radical (unpaired) electrons. The van der Waals surface area contributed by atoms with Crippen molar-refractivity contribution in [3.05, 3.63) is 11.6 Å². The number of carbonyl (C=O) groups is 1. The van der Waals surface area contributed by atoms with Gasteiger partial charge in [-0.2, -0.15) is 0 Å². The number of aliphatic hydroxyl groups excluding tert-OH is 1. The van der Waals surface area contributed by atoms with Gasteiger partial charge >= 0.3 is 5.97 Å². The Morgan fingerprint density at radius 3 is 3.07 bits per heavy atom. The first-order valence-corrected chi connectivity index (χ1v) is 5.76. The summed E-state index contributed by atoms with van der Waals surface area (Å²) in [5.74, 6) is -0.498. The average molecular weight is 212 g/mol. The summed E-state index contributed by atoms with van der Waals surface area (Å²) in [4.78, 5) is 11.2. The van der Waals surface area contributed by atoms with Crippen molar-refractivity contribution >= 4 is 5.97 Å². The Labute approximate surface area is 91.1 Å². The fourth-order valence-corrected chi connectivity index (χ4v) is 1.84. The number of ether oxygens (including phenoxy) is 1. The average Bonchev–Trinajstić information content (AvgIpc) is 2.46. The monoisotopic (exact) mass is 212 g/mol. The van der Waals surface area contributed by atoms with Crippen molar-refractivity contribution in [1.82, 2.24) is 0 Å². The molecule has 0 aliphatic heterocycles. The van der Waals surface area contributed by atoms with Gasteiger partial charge < -0.3 is 9.84 Å². The quantitative estimate of drug-likeness (QED) is 0.574. The Kier molecular flexibility index (Phi) is 5.40. The Balaban J connectivity index is 2.38. The largest absolute Gasteiger partial charge is 0.464 e. The van der Waals surface area contributed by atoms with E-state index in [0.29, 0.717) is 13.0 Å². The second kappa shape index (κ2) is 6.62. The number of hydrogen-bond acceptors (Lipinski definition) is 3. The molecular formula is C12H20O3. The van der Waals surface area contributed by atoms with E-state index in [-0.39, 0.29) is 0 Å². The first-order chi connectivity index (χ1) is 7.24. The molecule has 15 heavy (non-hydrogen) atoms. The standard InChI is InChI=1S/C12H20O3/c1-2-15-12(14)11(13)9-10-7-5-3-4-6-8-10/h7,11,13H,2-6,8-9H2,1H3/t11-/m0/s1. The van der Waals surface area contributed by atoms with Crippen LogP contribution >= 0.6 is 0 Å². The normalized spacial score (nSPS) is 18.9. The summed E-state index contributed by atoms with van der Waals surface area (Å²) in [6, 6.07) is 0. The van der Waals surface area contributed by atoms with Gasteiger partial charge in [-0.15, -0.1) is 0 Å². The van der Waals surface area contributed by atoms with Crippen LogP contribution in [0.5, 0.6) is 0 Å². The van der Waals surface area contributed by atoms with Crippen LogP contribution in [-0.2, 0) is 9.53 Å². The highest BCUT2D eigenvalue weighted by molar-refractivity contribution is 5.74. The zero-order chi connectivity index (χ0) is 11.1. The van der Waals surface area contributed by atoms with Crippen molar-refractivity contribution in [3.63, 3.8) is 0 Å². The molecule has 1 atom stereocenters. The predicted molar refractivity (Wildman–Crippen MR) is 58.4 cm³/mol. The molecule has 0 spiro atoms. The molecule has 0 saturated heterocycles. The van der Waals surface area contributed by atoms with Gasteiger partial charge in [-0.05, 0) is 32.6 Å². The first-order valence-electron chi connectivity index (χ1n) is 5.76. The summed E-state index contributed by atoms with van der Waals surface area (Å²) in [7, 11) is 0. The molecule has 3 heteroatoms. The van der Waals surface area contributed by atoms with E-state index >= 15 is 0 Å². The minimum atomic E-state index is -0.978. The minimum Gasteiger partial charge on any atom is -0.464 e. The van der Waals surface area contributed by atoms with E-state index < -0.39 is 12.1 Å².